The van der Waals surface area contributed by atoms with E-state index in [4.69, 9.17) is 0 Å². The summed E-state index contributed by atoms with van der Waals surface area (Å²) < 4.78 is 40.2. The van der Waals surface area contributed by atoms with Crippen LogP contribution in [0.15, 0.2) is 47.6 Å². The van der Waals surface area contributed by atoms with E-state index in [1.165, 1.54) is 19.1 Å². The first-order chi connectivity index (χ1) is 10.5. The van der Waals surface area contributed by atoms with E-state index in [0.717, 1.165) is 22.7 Å². The number of aromatic amines is 1. The fourth-order valence-corrected chi connectivity index (χ4v) is 3.24. The van der Waals surface area contributed by atoms with Crippen LogP contribution in [-0.2, 0) is 16.6 Å². The summed E-state index contributed by atoms with van der Waals surface area (Å²) in [5.74, 6) is -0.427. The van der Waals surface area contributed by atoms with Crippen molar-refractivity contribution in [2.24, 2.45) is 0 Å². The van der Waals surface area contributed by atoms with Crippen molar-refractivity contribution in [2.75, 3.05) is 0 Å². The Morgan fingerprint density at radius 1 is 1.23 bits per heavy atom. The highest BCUT2D eigenvalue weighted by Gasteiger charge is 2.15. The van der Waals surface area contributed by atoms with Crippen LogP contribution in [0, 0.1) is 12.7 Å². The van der Waals surface area contributed by atoms with Crippen LogP contribution in [0.4, 0.5) is 4.39 Å². The van der Waals surface area contributed by atoms with Gasteiger partial charge in [-0.25, -0.2) is 22.5 Å². The van der Waals surface area contributed by atoms with Crippen molar-refractivity contribution in [1.29, 1.82) is 0 Å². The predicted molar refractivity (Wildman–Crippen MR) is 81.3 cm³/mol. The van der Waals surface area contributed by atoms with Crippen LogP contribution < -0.4 is 4.72 Å². The molecule has 0 saturated heterocycles. The first-order valence-corrected chi connectivity index (χ1v) is 8.12. The highest BCUT2D eigenvalue weighted by molar-refractivity contribution is 7.89. The number of hydrogen-bond donors (Lipinski definition) is 2. The predicted octanol–water partition coefficient (Wildman–Crippen LogP) is 2.49. The van der Waals surface area contributed by atoms with Crippen molar-refractivity contribution in [3.05, 3.63) is 59.7 Å². The van der Waals surface area contributed by atoms with Gasteiger partial charge in [-0.3, -0.25) is 0 Å². The summed E-state index contributed by atoms with van der Waals surface area (Å²) in [4.78, 5) is 7.13. The highest BCUT2D eigenvalue weighted by Crippen LogP contribution is 2.16. The molecule has 0 spiro atoms. The second-order valence-electron chi connectivity index (χ2n) is 4.99. The molecule has 7 heteroatoms. The van der Waals surface area contributed by atoms with Crippen molar-refractivity contribution in [1.82, 2.24) is 14.7 Å². The zero-order valence-corrected chi connectivity index (χ0v) is 12.6. The van der Waals surface area contributed by atoms with Crippen molar-refractivity contribution >= 4 is 21.1 Å². The molecule has 0 radical (unpaired) electrons. The molecule has 0 atom stereocenters. The van der Waals surface area contributed by atoms with Gasteiger partial charge in [0.15, 0.2) is 0 Å². The Hall–Kier alpha value is -2.25. The number of nitrogens with zero attached hydrogens (tertiary/aromatic N) is 1. The minimum absolute atomic E-state index is 0.0500. The largest absolute Gasteiger partial charge is 0.345 e. The molecule has 2 N–H and O–H groups in total. The third kappa shape index (κ3) is 2.86. The lowest BCUT2D eigenvalue weighted by molar-refractivity contribution is 0.579. The molecule has 0 aliphatic rings. The van der Waals surface area contributed by atoms with Crippen LogP contribution in [0.2, 0.25) is 0 Å². The van der Waals surface area contributed by atoms with Crippen molar-refractivity contribution in [2.45, 2.75) is 18.4 Å². The fraction of sp³-hybridized carbons (Fsp3) is 0.133. The Labute approximate surface area is 127 Å². The molecular formula is C15H14FN3O2S. The number of fused-ring (bicyclic) bond motifs is 1. The number of H-pyrrole nitrogens is 1. The highest BCUT2D eigenvalue weighted by atomic mass is 32.2. The van der Waals surface area contributed by atoms with E-state index in [-0.39, 0.29) is 11.4 Å². The number of hydrogen-bond acceptors (Lipinski definition) is 3. The molecule has 0 aliphatic carbocycles. The van der Waals surface area contributed by atoms with Crippen molar-refractivity contribution in [3.63, 3.8) is 0 Å². The number of nitrogens with one attached hydrogen (secondary N) is 2. The van der Waals surface area contributed by atoms with Crippen molar-refractivity contribution in [3.8, 4) is 0 Å². The smallest absolute Gasteiger partial charge is 0.240 e. The minimum Gasteiger partial charge on any atom is -0.345 e. The lowest BCUT2D eigenvalue weighted by Crippen LogP contribution is -2.23. The SMILES string of the molecule is Cc1cc(S(=O)(=O)NCc2ccc3nc[nH]c3c2)ccc1F. The number of rotatable bonds is 4. The third-order valence-corrected chi connectivity index (χ3v) is 4.79. The van der Waals surface area contributed by atoms with Crippen LogP contribution in [0.1, 0.15) is 11.1 Å². The summed E-state index contributed by atoms with van der Waals surface area (Å²) in [5.41, 5.74) is 2.76. The maximum atomic E-state index is 13.2. The molecule has 0 saturated carbocycles. The number of imidazole rings is 1. The van der Waals surface area contributed by atoms with Crippen LogP contribution in [0.3, 0.4) is 0 Å². The molecule has 114 valence electrons. The van der Waals surface area contributed by atoms with Gasteiger partial charge in [0, 0.05) is 6.54 Å². The van der Waals surface area contributed by atoms with Gasteiger partial charge in [-0.05, 0) is 48.4 Å². The van der Waals surface area contributed by atoms with Crippen LogP contribution >= 0.6 is 0 Å². The van der Waals surface area contributed by atoms with Crippen LogP contribution in [0.5, 0.6) is 0 Å². The second kappa shape index (κ2) is 5.51. The van der Waals surface area contributed by atoms with E-state index < -0.39 is 15.8 Å². The zero-order valence-electron chi connectivity index (χ0n) is 11.8. The molecule has 0 aliphatic heterocycles. The van der Waals surface area contributed by atoms with Gasteiger partial charge in [0.2, 0.25) is 10.0 Å². The van der Waals surface area contributed by atoms with Gasteiger partial charge in [-0.1, -0.05) is 6.07 Å². The lowest BCUT2D eigenvalue weighted by Gasteiger charge is -2.08. The van der Waals surface area contributed by atoms with Gasteiger partial charge in [0.25, 0.3) is 0 Å². The Bertz CT molecular complexity index is 935. The molecule has 0 fully saturated rings. The summed E-state index contributed by atoms with van der Waals surface area (Å²) in [7, 11) is -3.68. The van der Waals surface area contributed by atoms with E-state index in [0.29, 0.717) is 5.56 Å². The Morgan fingerprint density at radius 2 is 2.05 bits per heavy atom. The molecule has 1 aromatic heterocycles. The van der Waals surface area contributed by atoms with Gasteiger partial charge < -0.3 is 4.98 Å². The normalized spacial score (nSPS) is 11.9. The number of sulfonamides is 1. The monoisotopic (exact) mass is 319 g/mol. The molecule has 5 nitrogen and oxygen atoms in total. The van der Waals surface area contributed by atoms with E-state index in [1.807, 2.05) is 18.2 Å². The third-order valence-electron chi connectivity index (χ3n) is 3.39. The van der Waals surface area contributed by atoms with E-state index in [9.17, 15) is 12.8 Å². The summed E-state index contributed by atoms with van der Waals surface area (Å²) in [6, 6.07) is 9.18. The topological polar surface area (TPSA) is 74.8 Å². The number of aromatic nitrogens is 2. The standard InChI is InChI=1S/C15H14FN3O2S/c1-10-6-12(3-4-13(10)16)22(20,21)19-8-11-2-5-14-15(7-11)18-9-17-14/h2-7,9,19H,8H2,1H3,(H,17,18). The number of halogens is 1. The van der Waals surface area contributed by atoms with Crippen LogP contribution in [0.25, 0.3) is 11.0 Å². The maximum absolute atomic E-state index is 13.2. The van der Waals surface area contributed by atoms with E-state index in [2.05, 4.69) is 14.7 Å². The maximum Gasteiger partial charge on any atom is 0.240 e. The van der Waals surface area contributed by atoms with Crippen molar-refractivity contribution < 1.29 is 12.8 Å². The van der Waals surface area contributed by atoms with Gasteiger partial charge in [-0.15, -0.1) is 0 Å². The molecule has 1 heterocycles. The Kier molecular flexibility index (Phi) is 3.67. The van der Waals surface area contributed by atoms with E-state index >= 15 is 0 Å². The quantitative estimate of drug-likeness (QED) is 0.776. The van der Waals surface area contributed by atoms with Gasteiger partial charge >= 0.3 is 0 Å². The minimum atomic E-state index is -3.68. The van der Waals surface area contributed by atoms with Crippen LogP contribution in [-0.4, -0.2) is 18.4 Å². The van der Waals surface area contributed by atoms with E-state index in [1.54, 1.807) is 6.33 Å². The molecule has 0 bridgehead atoms. The Morgan fingerprint density at radius 3 is 2.82 bits per heavy atom. The summed E-state index contributed by atoms with van der Waals surface area (Å²) >= 11 is 0. The fourth-order valence-electron chi connectivity index (χ4n) is 2.14. The number of aryl methyl sites for hydroxylation is 1. The first-order valence-electron chi connectivity index (χ1n) is 6.63. The summed E-state index contributed by atoms with van der Waals surface area (Å²) in [6.07, 6.45) is 1.58. The average Bonchev–Trinajstić information content (AvgIpc) is 2.95. The molecule has 3 aromatic rings. The van der Waals surface area contributed by atoms with Gasteiger partial charge in [0.1, 0.15) is 5.82 Å². The van der Waals surface area contributed by atoms with Gasteiger partial charge in [-0.2, -0.15) is 0 Å². The molecule has 22 heavy (non-hydrogen) atoms. The zero-order chi connectivity index (χ0) is 15.7. The first kappa shape index (κ1) is 14.7. The number of benzene rings is 2. The molecular weight excluding hydrogens is 305 g/mol. The lowest BCUT2D eigenvalue weighted by atomic mass is 10.2. The molecule has 0 amide bonds. The van der Waals surface area contributed by atoms with Gasteiger partial charge in [0.05, 0.1) is 22.3 Å². The molecule has 0 unspecified atom stereocenters. The molecule has 2 aromatic carbocycles. The summed E-state index contributed by atoms with van der Waals surface area (Å²) in [5, 5.41) is 0. The molecule has 3 rings (SSSR count). The average molecular weight is 319 g/mol. The summed E-state index contributed by atoms with van der Waals surface area (Å²) in [6.45, 7) is 1.67. The second-order valence-corrected chi connectivity index (χ2v) is 6.76. The Balaban J connectivity index is 1.80.